The monoisotopic (exact) mass is 305 g/mol. The molecule has 3 rings (SSSR count). The minimum absolute atomic E-state index is 0.0115. The Morgan fingerprint density at radius 2 is 1.95 bits per heavy atom. The molecule has 1 aliphatic carbocycles. The minimum atomic E-state index is -0.357. The molecular weight excluding hydrogens is 286 g/mol. The molecule has 6 nitrogen and oxygen atoms in total. The highest BCUT2D eigenvalue weighted by atomic mass is 16.6. The van der Waals surface area contributed by atoms with Crippen molar-refractivity contribution in [1.29, 1.82) is 0 Å². The van der Waals surface area contributed by atoms with Crippen LogP contribution in [0.2, 0.25) is 0 Å². The third-order valence-electron chi connectivity index (χ3n) is 4.13. The second kappa shape index (κ2) is 6.36. The van der Waals surface area contributed by atoms with E-state index in [1.165, 1.54) is 4.90 Å². The van der Waals surface area contributed by atoms with Crippen LogP contribution in [-0.2, 0) is 14.2 Å². The van der Waals surface area contributed by atoms with E-state index in [4.69, 9.17) is 14.2 Å². The Hall–Kier alpha value is -2.08. The first-order chi connectivity index (χ1) is 10.7. The standard InChI is InChI=1S/C16H19NO5/c1-20-13-3-2-4-14(13)22-15(18)11-5-7-12(8-6-11)17-9-10-21-16(17)19/h5-8,13-14H,2-4,9-10H2,1H3. The number of nitrogens with zero attached hydrogens (tertiary/aromatic N) is 1. The van der Waals surface area contributed by atoms with Crippen molar-refractivity contribution in [1.82, 2.24) is 0 Å². The Morgan fingerprint density at radius 1 is 1.23 bits per heavy atom. The number of hydrogen-bond donors (Lipinski definition) is 0. The molecule has 1 saturated carbocycles. The summed E-state index contributed by atoms with van der Waals surface area (Å²) in [5.41, 5.74) is 1.19. The first kappa shape index (κ1) is 14.8. The first-order valence-electron chi connectivity index (χ1n) is 7.47. The molecule has 1 amide bonds. The van der Waals surface area contributed by atoms with Crippen molar-refractivity contribution in [3.05, 3.63) is 29.8 Å². The minimum Gasteiger partial charge on any atom is -0.456 e. The summed E-state index contributed by atoms with van der Waals surface area (Å²) in [6, 6.07) is 6.79. The van der Waals surface area contributed by atoms with Gasteiger partial charge in [-0.15, -0.1) is 0 Å². The van der Waals surface area contributed by atoms with Crippen LogP contribution >= 0.6 is 0 Å². The van der Waals surface area contributed by atoms with Gasteiger partial charge in [-0.1, -0.05) is 0 Å². The highest BCUT2D eigenvalue weighted by molar-refractivity contribution is 5.92. The molecule has 1 aromatic carbocycles. The molecular formula is C16H19NO5. The third kappa shape index (κ3) is 2.92. The normalized spacial score (nSPS) is 24.4. The topological polar surface area (TPSA) is 65.1 Å². The van der Waals surface area contributed by atoms with Gasteiger partial charge in [-0.2, -0.15) is 0 Å². The summed E-state index contributed by atoms with van der Waals surface area (Å²) < 4.78 is 15.7. The van der Waals surface area contributed by atoms with E-state index < -0.39 is 0 Å². The molecule has 118 valence electrons. The van der Waals surface area contributed by atoms with Crippen molar-refractivity contribution in [3.63, 3.8) is 0 Å². The number of ether oxygens (including phenoxy) is 3. The summed E-state index contributed by atoms with van der Waals surface area (Å²) in [5.74, 6) is -0.357. The van der Waals surface area contributed by atoms with E-state index >= 15 is 0 Å². The molecule has 2 fully saturated rings. The van der Waals surface area contributed by atoms with E-state index in [1.807, 2.05) is 0 Å². The maximum Gasteiger partial charge on any atom is 0.414 e. The lowest BCUT2D eigenvalue weighted by molar-refractivity contribution is -0.0206. The molecule has 1 aromatic rings. The van der Waals surface area contributed by atoms with E-state index in [0.29, 0.717) is 18.7 Å². The average molecular weight is 305 g/mol. The van der Waals surface area contributed by atoms with E-state index in [2.05, 4.69) is 0 Å². The number of hydrogen-bond acceptors (Lipinski definition) is 5. The molecule has 2 atom stereocenters. The Labute approximate surface area is 128 Å². The van der Waals surface area contributed by atoms with Gasteiger partial charge < -0.3 is 14.2 Å². The second-order valence-electron chi connectivity index (χ2n) is 5.46. The van der Waals surface area contributed by atoms with Crippen LogP contribution in [0.15, 0.2) is 24.3 Å². The van der Waals surface area contributed by atoms with E-state index in [-0.39, 0.29) is 24.3 Å². The highest BCUT2D eigenvalue weighted by Gasteiger charge is 2.31. The molecule has 0 radical (unpaired) electrons. The molecule has 0 spiro atoms. The van der Waals surface area contributed by atoms with Crippen LogP contribution in [0.1, 0.15) is 29.6 Å². The molecule has 0 N–H and O–H groups in total. The summed E-state index contributed by atoms with van der Waals surface area (Å²) >= 11 is 0. The second-order valence-corrected chi connectivity index (χ2v) is 5.46. The van der Waals surface area contributed by atoms with Crippen molar-refractivity contribution in [2.75, 3.05) is 25.2 Å². The van der Waals surface area contributed by atoms with Gasteiger partial charge in [0.15, 0.2) is 0 Å². The van der Waals surface area contributed by atoms with E-state index in [1.54, 1.807) is 31.4 Å². The van der Waals surface area contributed by atoms with Crippen LogP contribution < -0.4 is 4.90 Å². The molecule has 1 aliphatic heterocycles. The van der Waals surface area contributed by atoms with Gasteiger partial charge in [0, 0.05) is 12.8 Å². The lowest BCUT2D eigenvalue weighted by Gasteiger charge is -2.19. The van der Waals surface area contributed by atoms with Gasteiger partial charge >= 0.3 is 12.1 Å². The summed E-state index contributed by atoms with van der Waals surface area (Å²) in [6.45, 7) is 0.920. The number of carbonyl (C=O) groups is 2. The Balaban J connectivity index is 1.65. The van der Waals surface area contributed by atoms with E-state index in [0.717, 1.165) is 24.9 Å². The zero-order valence-electron chi connectivity index (χ0n) is 12.5. The van der Waals surface area contributed by atoms with Crippen LogP contribution in [0.25, 0.3) is 0 Å². The van der Waals surface area contributed by atoms with Gasteiger partial charge in [0.1, 0.15) is 12.7 Å². The van der Waals surface area contributed by atoms with Crippen molar-refractivity contribution in [2.24, 2.45) is 0 Å². The summed E-state index contributed by atoms with van der Waals surface area (Å²) in [7, 11) is 1.64. The lowest BCUT2D eigenvalue weighted by atomic mass is 10.2. The maximum absolute atomic E-state index is 12.2. The van der Waals surface area contributed by atoms with Crippen LogP contribution in [0.3, 0.4) is 0 Å². The number of rotatable bonds is 4. The predicted octanol–water partition coefficient (Wildman–Crippen LogP) is 2.37. The molecule has 6 heteroatoms. The number of methoxy groups -OCH3 is 1. The van der Waals surface area contributed by atoms with Crippen molar-refractivity contribution < 1.29 is 23.8 Å². The lowest BCUT2D eigenvalue weighted by Crippen LogP contribution is -2.27. The van der Waals surface area contributed by atoms with Gasteiger partial charge in [-0.25, -0.2) is 9.59 Å². The first-order valence-corrected chi connectivity index (χ1v) is 7.47. The zero-order valence-corrected chi connectivity index (χ0v) is 12.5. The fourth-order valence-electron chi connectivity index (χ4n) is 2.91. The molecule has 2 unspecified atom stereocenters. The van der Waals surface area contributed by atoms with Crippen molar-refractivity contribution in [2.45, 2.75) is 31.5 Å². The predicted molar refractivity (Wildman–Crippen MR) is 79.0 cm³/mol. The Morgan fingerprint density at radius 3 is 2.59 bits per heavy atom. The van der Waals surface area contributed by atoms with Gasteiger partial charge in [0.2, 0.25) is 0 Å². The fraction of sp³-hybridized carbons (Fsp3) is 0.500. The number of benzene rings is 1. The Bertz CT molecular complexity index is 556. The summed E-state index contributed by atoms with van der Waals surface area (Å²) in [6.07, 6.45) is 2.22. The smallest absolute Gasteiger partial charge is 0.414 e. The molecule has 22 heavy (non-hydrogen) atoms. The van der Waals surface area contributed by atoms with Crippen molar-refractivity contribution >= 4 is 17.7 Å². The summed E-state index contributed by atoms with van der Waals surface area (Å²) in [4.78, 5) is 25.2. The molecule has 0 bridgehead atoms. The average Bonchev–Trinajstić information content (AvgIpc) is 3.16. The SMILES string of the molecule is COC1CCCC1OC(=O)c1ccc(N2CCOC2=O)cc1. The van der Waals surface area contributed by atoms with Gasteiger partial charge in [0.25, 0.3) is 0 Å². The number of carbonyl (C=O) groups excluding carboxylic acids is 2. The van der Waals surface area contributed by atoms with E-state index in [9.17, 15) is 9.59 Å². The Kier molecular flexibility index (Phi) is 4.29. The van der Waals surface area contributed by atoms with Gasteiger partial charge in [-0.05, 0) is 43.5 Å². The molecule has 2 aliphatic rings. The number of esters is 1. The number of cyclic esters (lactones) is 1. The number of anilines is 1. The highest BCUT2D eigenvalue weighted by Crippen LogP contribution is 2.26. The molecule has 1 heterocycles. The van der Waals surface area contributed by atoms with Crippen LogP contribution in [0.4, 0.5) is 10.5 Å². The molecule has 0 aromatic heterocycles. The zero-order chi connectivity index (χ0) is 15.5. The third-order valence-corrected chi connectivity index (χ3v) is 4.13. The molecule has 1 saturated heterocycles. The summed E-state index contributed by atoms with van der Waals surface area (Å²) in [5, 5.41) is 0. The number of amides is 1. The quantitative estimate of drug-likeness (QED) is 0.799. The van der Waals surface area contributed by atoms with Crippen LogP contribution in [0.5, 0.6) is 0 Å². The van der Waals surface area contributed by atoms with Crippen LogP contribution in [0, 0.1) is 0 Å². The van der Waals surface area contributed by atoms with Gasteiger partial charge in [-0.3, -0.25) is 4.90 Å². The fourth-order valence-corrected chi connectivity index (χ4v) is 2.91. The van der Waals surface area contributed by atoms with Crippen molar-refractivity contribution in [3.8, 4) is 0 Å². The largest absolute Gasteiger partial charge is 0.456 e. The maximum atomic E-state index is 12.2. The van der Waals surface area contributed by atoms with Gasteiger partial charge in [0.05, 0.1) is 18.2 Å². The van der Waals surface area contributed by atoms with Crippen LogP contribution in [-0.4, -0.2) is 44.5 Å².